The quantitative estimate of drug-likeness (QED) is 0.684. The molecule has 0 heterocycles. The molecule has 0 fully saturated rings. The number of hydrogen-bond donors (Lipinski definition) is 1. The number of carbonyl (C=O) groups excluding carboxylic acids is 1. The van der Waals surface area contributed by atoms with Gasteiger partial charge in [-0.2, -0.15) is 0 Å². The molecule has 0 bridgehead atoms. The zero-order chi connectivity index (χ0) is 14.7. The molecule has 3 heteroatoms. The van der Waals surface area contributed by atoms with Gasteiger partial charge >= 0.3 is 0 Å². The van der Waals surface area contributed by atoms with Gasteiger partial charge in [0.15, 0.2) is 5.78 Å². The fourth-order valence-corrected chi connectivity index (χ4v) is 2.23. The van der Waals surface area contributed by atoms with Crippen molar-refractivity contribution in [3.05, 3.63) is 58.7 Å². The fourth-order valence-electron chi connectivity index (χ4n) is 2.23. The van der Waals surface area contributed by atoms with Gasteiger partial charge in [0.2, 0.25) is 0 Å². The molecule has 3 nitrogen and oxygen atoms in total. The van der Waals surface area contributed by atoms with Crippen molar-refractivity contribution in [1.82, 2.24) is 0 Å². The highest BCUT2D eigenvalue weighted by molar-refractivity contribution is 6.02. The van der Waals surface area contributed by atoms with E-state index >= 15 is 0 Å². The minimum Gasteiger partial charge on any atom is -0.496 e. The Morgan fingerprint density at radius 3 is 2.45 bits per heavy atom. The first-order valence-corrected chi connectivity index (χ1v) is 6.54. The number of rotatable bonds is 4. The van der Waals surface area contributed by atoms with Crippen molar-refractivity contribution in [1.29, 1.82) is 0 Å². The number of ketones is 1. The van der Waals surface area contributed by atoms with Crippen LogP contribution in [0.25, 0.3) is 0 Å². The molecule has 0 aliphatic rings. The molecular weight excluding hydrogens is 250 g/mol. The summed E-state index contributed by atoms with van der Waals surface area (Å²) in [6.45, 7) is 3.94. The van der Waals surface area contributed by atoms with Crippen LogP contribution in [-0.2, 0) is 6.42 Å². The van der Waals surface area contributed by atoms with Gasteiger partial charge in [-0.25, -0.2) is 0 Å². The maximum atomic E-state index is 12.4. The number of benzene rings is 2. The standard InChI is InChI=1S/C17H19NO2/c1-11-5-7-17(20-3)13(8-11)10-16(19)14-9-12(2)4-6-15(14)18/h4-9H,10,18H2,1-3H3. The average molecular weight is 269 g/mol. The smallest absolute Gasteiger partial charge is 0.169 e. The number of carbonyl (C=O) groups is 1. The number of methoxy groups -OCH3 is 1. The second kappa shape index (κ2) is 5.78. The Labute approximate surface area is 119 Å². The summed E-state index contributed by atoms with van der Waals surface area (Å²) in [7, 11) is 1.61. The molecule has 0 saturated heterocycles. The number of anilines is 1. The second-order valence-corrected chi connectivity index (χ2v) is 5.01. The van der Waals surface area contributed by atoms with Crippen LogP contribution in [0.5, 0.6) is 5.75 Å². The zero-order valence-electron chi connectivity index (χ0n) is 12.1. The average Bonchev–Trinajstić information content (AvgIpc) is 2.41. The molecule has 0 radical (unpaired) electrons. The monoisotopic (exact) mass is 269 g/mol. The first kappa shape index (κ1) is 14.1. The summed E-state index contributed by atoms with van der Waals surface area (Å²) in [6.07, 6.45) is 0.290. The predicted octanol–water partition coefficient (Wildman–Crippen LogP) is 3.32. The van der Waals surface area contributed by atoms with E-state index in [1.807, 2.05) is 44.2 Å². The highest BCUT2D eigenvalue weighted by atomic mass is 16.5. The minimum absolute atomic E-state index is 0.00935. The zero-order valence-corrected chi connectivity index (χ0v) is 12.1. The second-order valence-electron chi connectivity index (χ2n) is 5.01. The molecule has 0 aromatic heterocycles. The van der Waals surface area contributed by atoms with E-state index in [0.717, 1.165) is 22.4 Å². The molecule has 2 rings (SSSR count). The maximum absolute atomic E-state index is 12.4. The molecule has 2 aromatic carbocycles. The fraction of sp³-hybridized carbons (Fsp3) is 0.235. The van der Waals surface area contributed by atoms with Gasteiger partial charge < -0.3 is 10.5 Å². The van der Waals surface area contributed by atoms with Crippen molar-refractivity contribution in [2.45, 2.75) is 20.3 Å². The Kier molecular flexibility index (Phi) is 4.08. The van der Waals surface area contributed by atoms with Crippen LogP contribution in [0.3, 0.4) is 0 Å². The van der Waals surface area contributed by atoms with E-state index in [9.17, 15) is 4.79 Å². The van der Waals surface area contributed by atoms with Crippen molar-refractivity contribution in [3.8, 4) is 5.75 Å². The van der Waals surface area contributed by atoms with Crippen LogP contribution < -0.4 is 10.5 Å². The van der Waals surface area contributed by atoms with Crippen LogP contribution in [0.15, 0.2) is 36.4 Å². The Hall–Kier alpha value is -2.29. The van der Waals surface area contributed by atoms with Crippen molar-refractivity contribution in [2.75, 3.05) is 12.8 Å². The van der Waals surface area contributed by atoms with Gasteiger partial charge in [-0.3, -0.25) is 4.79 Å². The van der Waals surface area contributed by atoms with Crippen molar-refractivity contribution < 1.29 is 9.53 Å². The summed E-state index contributed by atoms with van der Waals surface area (Å²) < 4.78 is 5.31. The lowest BCUT2D eigenvalue weighted by Gasteiger charge is -2.10. The Morgan fingerprint density at radius 1 is 1.10 bits per heavy atom. The largest absolute Gasteiger partial charge is 0.496 e. The maximum Gasteiger partial charge on any atom is 0.169 e. The van der Waals surface area contributed by atoms with Crippen molar-refractivity contribution in [3.63, 3.8) is 0 Å². The summed E-state index contributed by atoms with van der Waals surface area (Å²) in [5.74, 6) is 0.741. The molecule has 2 N–H and O–H groups in total. The summed E-state index contributed by atoms with van der Waals surface area (Å²) in [5.41, 5.74) is 10.0. The van der Waals surface area contributed by atoms with Crippen LogP contribution in [0.4, 0.5) is 5.69 Å². The van der Waals surface area contributed by atoms with Crippen LogP contribution in [-0.4, -0.2) is 12.9 Å². The van der Waals surface area contributed by atoms with Gasteiger partial charge in [-0.15, -0.1) is 0 Å². The van der Waals surface area contributed by atoms with Crippen LogP contribution in [0.2, 0.25) is 0 Å². The van der Waals surface area contributed by atoms with Crippen molar-refractivity contribution in [2.24, 2.45) is 0 Å². The third kappa shape index (κ3) is 2.99. The van der Waals surface area contributed by atoms with E-state index in [0.29, 0.717) is 17.7 Å². The van der Waals surface area contributed by atoms with Gasteiger partial charge in [0.25, 0.3) is 0 Å². The number of nitrogens with two attached hydrogens (primary N) is 1. The van der Waals surface area contributed by atoms with E-state index in [2.05, 4.69) is 0 Å². The molecule has 0 saturated carbocycles. The highest BCUT2D eigenvalue weighted by Crippen LogP contribution is 2.23. The van der Waals surface area contributed by atoms with E-state index in [-0.39, 0.29) is 5.78 Å². The Balaban J connectivity index is 2.32. The van der Waals surface area contributed by atoms with Gasteiger partial charge in [-0.05, 0) is 32.0 Å². The third-order valence-corrected chi connectivity index (χ3v) is 3.30. The summed E-state index contributed by atoms with van der Waals surface area (Å²) in [6, 6.07) is 11.3. The first-order chi connectivity index (χ1) is 9.51. The van der Waals surface area contributed by atoms with E-state index < -0.39 is 0 Å². The SMILES string of the molecule is COc1ccc(C)cc1CC(=O)c1cc(C)ccc1N. The molecular formula is C17H19NO2. The Morgan fingerprint density at radius 2 is 1.75 bits per heavy atom. The van der Waals surface area contributed by atoms with Crippen LogP contribution >= 0.6 is 0 Å². The molecule has 0 spiro atoms. The summed E-state index contributed by atoms with van der Waals surface area (Å²) >= 11 is 0. The number of hydrogen-bond acceptors (Lipinski definition) is 3. The molecule has 2 aromatic rings. The molecule has 0 aliphatic carbocycles. The number of ether oxygens (including phenoxy) is 1. The van der Waals surface area contributed by atoms with E-state index in [4.69, 9.17) is 10.5 Å². The van der Waals surface area contributed by atoms with Gasteiger partial charge in [0, 0.05) is 23.2 Å². The molecule has 0 unspecified atom stereocenters. The van der Waals surface area contributed by atoms with Gasteiger partial charge in [-0.1, -0.05) is 29.3 Å². The molecule has 104 valence electrons. The normalized spacial score (nSPS) is 10.3. The lowest BCUT2D eigenvalue weighted by Crippen LogP contribution is -2.08. The summed E-state index contributed by atoms with van der Waals surface area (Å²) in [5, 5.41) is 0. The molecule has 20 heavy (non-hydrogen) atoms. The molecule has 0 amide bonds. The topological polar surface area (TPSA) is 52.3 Å². The Bertz CT molecular complexity index is 647. The minimum atomic E-state index is 0.00935. The lowest BCUT2D eigenvalue weighted by molar-refractivity contribution is 0.0993. The number of aryl methyl sites for hydroxylation is 2. The van der Waals surface area contributed by atoms with Crippen LogP contribution in [0, 0.1) is 13.8 Å². The summed E-state index contributed by atoms with van der Waals surface area (Å²) in [4.78, 5) is 12.4. The van der Waals surface area contributed by atoms with Gasteiger partial charge in [0.05, 0.1) is 7.11 Å². The molecule has 0 atom stereocenters. The number of nitrogen functional groups attached to an aromatic ring is 1. The third-order valence-electron chi connectivity index (χ3n) is 3.30. The predicted molar refractivity (Wildman–Crippen MR) is 81.4 cm³/mol. The highest BCUT2D eigenvalue weighted by Gasteiger charge is 2.13. The first-order valence-electron chi connectivity index (χ1n) is 6.54. The van der Waals surface area contributed by atoms with Gasteiger partial charge in [0.1, 0.15) is 5.75 Å². The number of Topliss-reactive ketones (excluding diaryl/α,β-unsaturated/α-hetero) is 1. The lowest BCUT2D eigenvalue weighted by atomic mass is 9.98. The van der Waals surface area contributed by atoms with Crippen LogP contribution in [0.1, 0.15) is 27.0 Å². The van der Waals surface area contributed by atoms with E-state index in [1.165, 1.54) is 0 Å². The van der Waals surface area contributed by atoms with E-state index in [1.54, 1.807) is 13.2 Å². The molecule has 0 aliphatic heterocycles. The van der Waals surface area contributed by atoms with Crippen molar-refractivity contribution >= 4 is 11.5 Å².